The van der Waals surface area contributed by atoms with Gasteiger partial charge in [-0.15, -0.1) is 5.10 Å². The van der Waals surface area contributed by atoms with Gasteiger partial charge in [0.2, 0.25) is 4.96 Å². The number of aryl methyl sites for hydroxylation is 1. The molecule has 4 aromatic rings. The van der Waals surface area contributed by atoms with Crippen LogP contribution < -0.4 is 10.1 Å². The Balaban J connectivity index is 1.74. The van der Waals surface area contributed by atoms with Crippen LogP contribution in [-0.2, 0) is 0 Å². The summed E-state index contributed by atoms with van der Waals surface area (Å²) in [6.07, 6.45) is 1.68. The number of rotatable bonds is 3. The lowest BCUT2D eigenvalue weighted by molar-refractivity contribution is -0.384. The van der Waals surface area contributed by atoms with Crippen molar-refractivity contribution in [3.05, 3.63) is 84.7 Å². The lowest BCUT2D eigenvalue weighted by atomic mass is 10.1. The van der Waals surface area contributed by atoms with Crippen LogP contribution in [0.2, 0.25) is 0 Å². The molecule has 0 spiro atoms. The monoisotopic (exact) mass is 364 g/mol. The molecule has 0 aliphatic rings. The second-order valence-corrected chi connectivity index (χ2v) is 6.77. The number of benzene rings is 2. The van der Waals surface area contributed by atoms with E-state index in [1.165, 1.54) is 28.0 Å². The summed E-state index contributed by atoms with van der Waals surface area (Å²) in [4.78, 5) is 27.7. The largest absolute Gasteiger partial charge is 0.291 e. The van der Waals surface area contributed by atoms with Gasteiger partial charge in [0.15, 0.2) is 5.82 Å². The summed E-state index contributed by atoms with van der Waals surface area (Å²) >= 11 is 1.24. The standard InChI is InChI=1S/C18H12N4O3S/c1-11-2-6-13(7-3-11)16-19-18-21(20-16)17(23)15(26-18)10-12-4-8-14(9-5-12)22(24)25/h2-10H,1H3/b15-10-. The Morgan fingerprint density at radius 1 is 1.12 bits per heavy atom. The third-order valence-corrected chi connectivity index (χ3v) is 4.85. The minimum absolute atomic E-state index is 0.00915. The van der Waals surface area contributed by atoms with E-state index >= 15 is 0 Å². The molecule has 128 valence electrons. The molecule has 0 amide bonds. The first-order valence-corrected chi connectivity index (χ1v) is 8.56. The van der Waals surface area contributed by atoms with Gasteiger partial charge in [-0.3, -0.25) is 14.9 Å². The van der Waals surface area contributed by atoms with Crippen LogP contribution >= 0.6 is 11.3 Å². The van der Waals surface area contributed by atoms with Gasteiger partial charge in [0.1, 0.15) is 0 Å². The van der Waals surface area contributed by atoms with Crippen molar-refractivity contribution in [1.82, 2.24) is 14.6 Å². The molecule has 0 saturated carbocycles. The van der Waals surface area contributed by atoms with Crippen LogP contribution in [0, 0.1) is 17.0 Å². The molecule has 26 heavy (non-hydrogen) atoms. The molecule has 7 nitrogen and oxygen atoms in total. The van der Waals surface area contributed by atoms with E-state index in [0.29, 0.717) is 20.9 Å². The quantitative estimate of drug-likeness (QED) is 0.412. The maximum absolute atomic E-state index is 12.5. The zero-order chi connectivity index (χ0) is 18.3. The zero-order valence-corrected chi connectivity index (χ0v) is 14.4. The van der Waals surface area contributed by atoms with Gasteiger partial charge in [-0.1, -0.05) is 41.2 Å². The molecule has 0 aliphatic carbocycles. The third kappa shape index (κ3) is 2.86. The smallest absolute Gasteiger partial charge is 0.266 e. The minimum atomic E-state index is -0.460. The summed E-state index contributed by atoms with van der Waals surface area (Å²) in [7, 11) is 0. The Hall–Kier alpha value is -3.39. The van der Waals surface area contributed by atoms with Crippen LogP contribution in [0.15, 0.2) is 53.3 Å². The van der Waals surface area contributed by atoms with E-state index in [4.69, 9.17) is 0 Å². The number of hydrogen-bond acceptors (Lipinski definition) is 6. The summed E-state index contributed by atoms with van der Waals surface area (Å²) < 4.78 is 1.76. The minimum Gasteiger partial charge on any atom is -0.266 e. The molecule has 0 N–H and O–H groups in total. The number of aromatic nitrogens is 3. The van der Waals surface area contributed by atoms with Crippen molar-refractivity contribution in [2.24, 2.45) is 0 Å². The molecule has 0 unspecified atom stereocenters. The van der Waals surface area contributed by atoms with Crippen molar-refractivity contribution in [3.63, 3.8) is 0 Å². The number of fused-ring (bicyclic) bond motifs is 1. The fourth-order valence-electron chi connectivity index (χ4n) is 2.50. The van der Waals surface area contributed by atoms with E-state index in [0.717, 1.165) is 11.1 Å². The number of nitro groups is 1. The van der Waals surface area contributed by atoms with Gasteiger partial charge in [-0.25, -0.2) is 0 Å². The van der Waals surface area contributed by atoms with Gasteiger partial charge in [0.25, 0.3) is 11.2 Å². The van der Waals surface area contributed by atoms with Crippen LogP contribution in [0.4, 0.5) is 5.69 Å². The van der Waals surface area contributed by atoms with Crippen molar-refractivity contribution in [2.75, 3.05) is 0 Å². The number of thiazole rings is 1. The number of non-ortho nitro benzene ring substituents is 1. The Bertz CT molecular complexity index is 1220. The Morgan fingerprint density at radius 2 is 1.81 bits per heavy atom. The van der Waals surface area contributed by atoms with Crippen LogP contribution in [-0.4, -0.2) is 19.5 Å². The predicted molar refractivity (Wildman–Crippen MR) is 99.2 cm³/mol. The summed E-state index contributed by atoms with van der Waals surface area (Å²) in [5, 5.41) is 15.0. The molecule has 2 aromatic heterocycles. The summed E-state index contributed by atoms with van der Waals surface area (Å²) in [5.41, 5.74) is 2.45. The van der Waals surface area contributed by atoms with Gasteiger partial charge in [-0.2, -0.15) is 9.50 Å². The second kappa shape index (κ2) is 6.16. The average molecular weight is 364 g/mol. The van der Waals surface area contributed by atoms with Gasteiger partial charge in [-0.05, 0) is 30.7 Å². The highest BCUT2D eigenvalue weighted by atomic mass is 32.1. The van der Waals surface area contributed by atoms with Crippen molar-refractivity contribution < 1.29 is 4.92 Å². The first kappa shape index (κ1) is 16.1. The van der Waals surface area contributed by atoms with Crippen molar-refractivity contribution >= 4 is 28.1 Å². The van der Waals surface area contributed by atoms with Crippen molar-refractivity contribution in [3.8, 4) is 11.4 Å². The number of hydrogen-bond donors (Lipinski definition) is 0. The van der Waals surface area contributed by atoms with E-state index in [-0.39, 0.29) is 11.2 Å². The maximum Gasteiger partial charge on any atom is 0.291 e. The molecule has 8 heteroatoms. The summed E-state index contributed by atoms with van der Waals surface area (Å²) in [6.45, 7) is 2.00. The third-order valence-electron chi connectivity index (χ3n) is 3.89. The predicted octanol–water partition coefficient (Wildman–Crippen LogP) is 2.58. The Labute approximate surface area is 151 Å². The molecule has 0 radical (unpaired) electrons. The molecule has 4 rings (SSSR count). The average Bonchev–Trinajstić information content (AvgIpc) is 3.16. The van der Waals surface area contributed by atoms with Crippen molar-refractivity contribution in [2.45, 2.75) is 6.92 Å². The van der Waals surface area contributed by atoms with Crippen LogP contribution in [0.25, 0.3) is 22.4 Å². The fourth-order valence-corrected chi connectivity index (χ4v) is 3.41. The van der Waals surface area contributed by atoms with E-state index < -0.39 is 4.92 Å². The zero-order valence-electron chi connectivity index (χ0n) is 13.6. The van der Waals surface area contributed by atoms with Gasteiger partial charge in [0.05, 0.1) is 9.46 Å². The maximum atomic E-state index is 12.5. The molecule has 0 bridgehead atoms. The highest BCUT2D eigenvalue weighted by Gasteiger charge is 2.12. The molecule has 0 aliphatic heterocycles. The SMILES string of the molecule is Cc1ccc(-c2nc3s/c(=C\c4ccc([N+](=O)[O-])cc4)c(=O)n3n2)cc1. The van der Waals surface area contributed by atoms with E-state index in [1.54, 1.807) is 18.2 Å². The Morgan fingerprint density at radius 3 is 2.42 bits per heavy atom. The molecule has 2 aromatic carbocycles. The molecular weight excluding hydrogens is 352 g/mol. The van der Waals surface area contributed by atoms with E-state index in [2.05, 4.69) is 10.1 Å². The molecule has 0 fully saturated rings. The molecular formula is C18H12N4O3S. The van der Waals surface area contributed by atoms with E-state index in [9.17, 15) is 14.9 Å². The van der Waals surface area contributed by atoms with Gasteiger partial charge in [0, 0.05) is 17.7 Å². The van der Waals surface area contributed by atoms with Gasteiger partial charge < -0.3 is 0 Å². The lowest BCUT2D eigenvalue weighted by Crippen LogP contribution is -2.23. The molecule has 0 atom stereocenters. The highest BCUT2D eigenvalue weighted by molar-refractivity contribution is 7.15. The fraction of sp³-hybridized carbons (Fsp3) is 0.0556. The summed E-state index contributed by atoms with van der Waals surface area (Å²) in [5.74, 6) is 0.509. The van der Waals surface area contributed by atoms with Crippen molar-refractivity contribution in [1.29, 1.82) is 0 Å². The van der Waals surface area contributed by atoms with E-state index in [1.807, 2.05) is 31.2 Å². The lowest BCUT2D eigenvalue weighted by Gasteiger charge is -1.95. The number of nitrogens with zero attached hydrogens (tertiary/aromatic N) is 4. The molecule has 0 saturated heterocycles. The van der Waals surface area contributed by atoms with Gasteiger partial charge >= 0.3 is 0 Å². The van der Waals surface area contributed by atoms with Crippen LogP contribution in [0.1, 0.15) is 11.1 Å². The number of nitro benzene ring substituents is 1. The second-order valence-electron chi connectivity index (χ2n) is 5.76. The summed E-state index contributed by atoms with van der Waals surface area (Å²) in [6, 6.07) is 13.8. The normalized spacial score (nSPS) is 12.0. The first-order valence-electron chi connectivity index (χ1n) is 7.74. The molecule has 2 heterocycles. The topological polar surface area (TPSA) is 90.4 Å². The Kier molecular flexibility index (Phi) is 3.81. The van der Waals surface area contributed by atoms with Crippen LogP contribution in [0.3, 0.4) is 0 Å². The first-order chi connectivity index (χ1) is 12.5. The van der Waals surface area contributed by atoms with Crippen LogP contribution in [0.5, 0.6) is 0 Å². The highest BCUT2D eigenvalue weighted by Crippen LogP contribution is 2.17.